The minimum atomic E-state index is -1.57. The van der Waals surface area contributed by atoms with Crippen molar-refractivity contribution in [1.82, 2.24) is 9.88 Å². The van der Waals surface area contributed by atoms with Crippen LogP contribution in [0.1, 0.15) is 23.7 Å². The number of para-hydroxylation sites is 1. The topological polar surface area (TPSA) is 142 Å². The lowest BCUT2D eigenvalue weighted by atomic mass is 9.76. The zero-order valence-corrected chi connectivity index (χ0v) is 19.4. The number of carbonyl (C=O) groups excluding carboxylic acids is 1. The monoisotopic (exact) mass is 496 g/mol. The van der Waals surface area contributed by atoms with Crippen LogP contribution in [0, 0.1) is 11.8 Å². The van der Waals surface area contributed by atoms with Gasteiger partial charge < -0.3 is 39.5 Å². The predicted molar refractivity (Wildman–Crippen MR) is 125 cm³/mol. The van der Waals surface area contributed by atoms with Crippen LogP contribution in [0.25, 0.3) is 10.9 Å². The molecule has 0 unspecified atom stereocenters. The maximum absolute atomic E-state index is 13.5. The molecule has 36 heavy (non-hydrogen) atoms. The normalized spacial score (nSPS) is 37.6. The molecule has 0 radical (unpaired) electrons. The average molecular weight is 497 g/mol. The highest BCUT2D eigenvalue weighted by molar-refractivity contribution is 5.96. The van der Waals surface area contributed by atoms with Crippen LogP contribution in [0.15, 0.2) is 54.8 Å². The van der Waals surface area contributed by atoms with Gasteiger partial charge in [-0.1, -0.05) is 24.3 Å². The van der Waals surface area contributed by atoms with E-state index in [0.29, 0.717) is 18.5 Å². The number of aromatic nitrogens is 1. The number of aliphatic hydroxyl groups excluding tert-OH is 4. The quantitative estimate of drug-likeness (QED) is 0.445. The van der Waals surface area contributed by atoms with Gasteiger partial charge in [-0.2, -0.15) is 0 Å². The second kappa shape index (κ2) is 8.91. The molecule has 1 aromatic carbocycles. The van der Waals surface area contributed by atoms with E-state index in [4.69, 9.17) is 19.2 Å². The van der Waals surface area contributed by atoms with Crippen molar-refractivity contribution in [2.75, 3.05) is 6.61 Å². The Morgan fingerprint density at radius 3 is 2.75 bits per heavy atom. The van der Waals surface area contributed by atoms with Crippen molar-refractivity contribution in [2.45, 2.75) is 56.0 Å². The first-order valence-electron chi connectivity index (χ1n) is 12.0. The van der Waals surface area contributed by atoms with Crippen LogP contribution >= 0.6 is 0 Å². The summed E-state index contributed by atoms with van der Waals surface area (Å²) in [5.74, 6) is -0.872. The molecule has 6 rings (SSSR count). The van der Waals surface area contributed by atoms with Crippen molar-refractivity contribution in [3.8, 4) is 0 Å². The summed E-state index contributed by atoms with van der Waals surface area (Å²) in [4.78, 5) is 20.2. The van der Waals surface area contributed by atoms with Gasteiger partial charge in [-0.25, -0.2) is 0 Å². The van der Waals surface area contributed by atoms with Crippen LogP contribution in [-0.2, 0) is 25.5 Å². The number of amides is 1. The molecule has 2 fully saturated rings. The molecular formula is C26H28N2O8. The molecule has 5 heterocycles. The first kappa shape index (κ1) is 23.5. The second-order valence-corrected chi connectivity index (χ2v) is 9.74. The maximum atomic E-state index is 13.5. The number of benzene rings is 1. The lowest BCUT2D eigenvalue weighted by Gasteiger charge is -2.45. The Kier molecular flexibility index (Phi) is 5.83. The molecule has 0 spiro atoms. The molecule has 2 saturated heterocycles. The van der Waals surface area contributed by atoms with Crippen molar-refractivity contribution in [3.05, 3.63) is 66.1 Å². The summed E-state index contributed by atoms with van der Waals surface area (Å²) in [6.07, 6.45) is -4.43. The van der Waals surface area contributed by atoms with Crippen LogP contribution in [0.4, 0.5) is 0 Å². The number of rotatable bonds is 4. The van der Waals surface area contributed by atoms with E-state index < -0.39 is 49.5 Å². The maximum Gasteiger partial charge on any atom is 0.254 e. The number of hydrogen-bond acceptors (Lipinski definition) is 9. The van der Waals surface area contributed by atoms with Gasteiger partial charge in [-0.3, -0.25) is 9.78 Å². The third-order valence-corrected chi connectivity index (χ3v) is 7.75. The Morgan fingerprint density at radius 1 is 1.17 bits per heavy atom. The molecule has 1 aromatic heterocycles. The van der Waals surface area contributed by atoms with E-state index >= 15 is 0 Å². The minimum Gasteiger partial charge on any atom is -0.471 e. The van der Waals surface area contributed by atoms with Gasteiger partial charge in [0.15, 0.2) is 6.29 Å². The van der Waals surface area contributed by atoms with Gasteiger partial charge in [0, 0.05) is 23.8 Å². The number of carbonyl (C=O) groups is 1. The molecule has 0 bridgehead atoms. The highest BCUT2D eigenvalue weighted by Gasteiger charge is 2.51. The zero-order valence-electron chi connectivity index (χ0n) is 19.4. The van der Waals surface area contributed by atoms with Crippen LogP contribution < -0.4 is 0 Å². The van der Waals surface area contributed by atoms with E-state index in [9.17, 15) is 25.2 Å². The smallest absolute Gasteiger partial charge is 0.254 e. The van der Waals surface area contributed by atoms with Gasteiger partial charge in [0.1, 0.15) is 24.4 Å². The van der Waals surface area contributed by atoms with Crippen LogP contribution in [-0.4, -0.2) is 79.8 Å². The Morgan fingerprint density at radius 2 is 1.97 bits per heavy atom. The molecule has 4 aliphatic heterocycles. The van der Waals surface area contributed by atoms with Crippen molar-refractivity contribution >= 4 is 16.8 Å². The van der Waals surface area contributed by atoms with E-state index in [1.807, 2.05) is 29.2 Å². The van der Waals surface area contributed by atoms with Gasteiger partial charge >= 0.3 is 0 Å². The van der Waals surface area contributed by atoms with Gasteiger partial charge in [0.25, 0.3) is 5.91 Å². The second-order valence-electron chi connectivity index (χ2n) is 9.74. The SMILES string of the molecule is C=C[C@H]1[C@H](O[C@@H]2O[C@H](CO)[C@@H](O)[C@H](O)[C@H]2O)OC=C2C(=O)N3Cc4cc5ccccc5nc4[C@H]3C[C@H]21. The predicted octanol–water partition coefficient (Wildman–Crippen LogP) is 0.497. The van der Waals surface area contributed by atoms with E-state index in [1.54, 1.807) is 6.08 Å². The summed E-state index contributed by atoms with van der Waals surface area (Å²) in [5, 5.41) is 41.0. The molecule has 4 N–H and O–H groups in total. The summed E-state index contributed by atoms with van der Waals surface area (Å²) >= 11 is 0. The van der Waals surface area contributed by atoms with Crippen LogP contribution in [0.5, 0.6) is 0 Å². The third kappa shape index (κ3) is 3.56. The molecule has 190 valence electrons. The molecule has 10 nitrogen and oxygen atoms in total. The average Bonchev–Trinajstić information content (AvgIpc) is 3.25. The molecule has 10 heteroatoms. The molecule has 0 aliphatic carbocycles. The van der Waals surface area contributed by atoms with E-state index in [-0.39, 0.29) is 17.9 Å². The number of piperidine rings is 1. The molecule has 1 amide bonds. The van der Waals surface area contributed by atoms with Gasteiger partial charge in [0.05, 0.1) is 35.7 Å². The molecule has 0 saturated carbocycles. The molecular weight excluding hydrogens is 468 g/mol. The zero-order chi connectivity index (χ0) is 25.1. The first-order chi connectivity index (χ1) is 17.4. The summed E-state index contributed by atoms with van der Waals surface area (Å²) in [6, 6.07) is 9.76. The summed E-state index contributed by atoms with van der Waals surface area (Å²) in [5.41, 5.74) is 3.31. The Labute approximate surface area is 207 Å². The molecule has 9 atom stereocenters. The van der Waals surface area contributed by atoms with Crippen molar-refractivity contribution in [2.24, 2.45) is 11.8 Å². The number of fused-ring (bicyclic) bond motifs is 5. The van der Waals surface area contributed by atoms with Gasteiger partial charge in [-0.05, 0) is 24.1 Å². The standard InChI is InChI=1S/C26H28N2O8/c1-2-14-15-8-18-20-13(7-12-5-3-4-6-17(12)27-20)9-28(18)24(33)16(15)11-34-25(14)36-26-23(32)22(31)21(30)19(10-29)35-26/h2-7,11,14-15,18-19,21-23,25-26,29-32H,1,8-10H2/t14-,15+,18-,19-,21-,22+,23-,25+,26+/m1/s1. The fourth-order valence-electron chi connectivity index (χ4n) is 5.81. The summed E-state index contributed by atoms with van der Waals surface area (Å²) in [6.45, 7) is 3.84. The number of nitrogens with zero attached hydrogens (tertiary/aromatic N) is 2. The Bertz CT molecular complexity index is 1230. The third-order valence-electron chi connectivity index (χ3n) is 7.75. The molecule has 2 aromatic rings. The van der Waals surface area contributed by atoms with E-state index in [1.165, 1.54) is 6.26 Å². The number of aliphatic hydroxyl groups is 4. The highest BCUT2D eigenvalue weighted by Crippen LogP contribution is 2.49. The lowest BCUT2D eigenvalue weighted by Crippen LogP contribution is -2.60. The Hall–Kier alpha value is -2.86. The molecule has 4 aliphatic rings. The van der Waals surface area contributed by atoms with Crippen LogP contribution in [0.2, 0.25) is 0 Å². The van der Waals surface area contributed by atoms with E-state index in [2.05, 4.69) is 12.6 Å². The van der Waals surface area contributed by atoms with Gasteiger partial charge in [0.2, 0.25) is 6.29 Å². The van der Waals surface area contributed by atoms with Crippen molar-refractivity contribution in [3.63, 3.8) is 0 Å². The van der Waals surface area contributed by atoms with Gasteiger partial charge in [-0.15, -0.1) is 6.58 Å². The van der Waals surface area contributed by atoms with Crippen molar-refractivity contribution < 1.29 is 39.4 Å². The number of pyridine rings is 1. The number of ether oxygens (including phenoxy) is 3. The largest absolute Gasteiger partial charge is 0.471 e. The summed E-state index contributed by atoms with van der Waals surface area (Å²) < 4.78 is 17.2. The minimum absolute atomic E-state index is 0.128. The highest BCUT2D eigenvalue weighted by atomic mass is 16.8. The fourth-order valence-corrected chi connectivity index (χ4v) is 5.81. The van der Waals surface area contributed by atoms with Crippen molar-refractivity contribution in [1.29, 1.82) is 0 Å². The van der Waals surface area contributed by atoms with E-state index in [0.717, 1.165) is 22.2 Å². The Balaban J connectivity index is 1.27. The number of hydrogen-bond donors (Lipinski definition) is 4. The van der Waals surface area contributed by atoms with Crippen LogP contribution in [0.3, 0.4) is 0 Å². The first-order valence-corrected chi connectivity index (χ1v) is 12.0. The lowest BCUT2D eigenvalue weighted by molar-refractivity contribution is -0.339. The fraction of sp³-hybridized carbons (Fsp3) is 0.462. The summed E-state index contributed by atoms with van der Waals surface area (Å²) in [7, 11) is 0.